The number of carbonyl (C=O) groups excluding carboxylic acids is 2. The highest BCUT2D eigenvalue weighted by Gasteiger charge is 2.61. The Morgan fingerprint density at radius 3 is 2.15 bits per heavy atom. The summed E-state index contributed by atoms with van der Waals surface area (Å²) < 4.78 is 39.4. The van der Waals surface area contributed by atoms with Crippen LogP contribution in [-0.4, -0.2) is 99.0 Å². The maximum atomic E-state index is 14.5. The minimum absolute atomic E-state index is 0.00780. The first-order valence-corrected chi connectivity index (χ1v) is 21.3. The lowest BCUT2D eigenvalue weighted by Crippen LogP contribution is -2.62. The Morgan fingerprint density at radius 2 is 1.55 bits per heavy atom. The van der Waals surface area contributed by atoms with Gasteiger partial charge in [-0.25, -0.2) is 0 Å². The summed E-state index contributed by atoms with van der Waals surface area (Å²) in [5.74, 6) is -6.38. The highest BCUT2D eigenvalue weighted by molar-refractivity contribution is 5.84. The first-order chi connectivity index (χ1) is 25.9. The molecule has 12 nitrogen and oxygen atoms in total. The number of Topliss-reactive ketones (excluding diaryl/α,β-unsaturated/α-hetero) is 1. The number of carboxylic acids is 1. The SMILES string of the molecule is CCC(C(=O)O)C1CCC(C)C(C(C)C(O)C(C)C(=O)C(CC)C2OC3(C=CC(OC(C)=O)C4(CCC(C5CCC(O)(CC)C(C)O5)O4)O3)C(C)CC2C)O1. The summed E-state index contributed by atoms with van der Waals surface area (Å²) in [6.45, 7) is 18.9. The molecule has 3 N–H and O–H groups in total. The molecule has 0 aromatic heterocycles. The minimum atomic E-state index is -1.34. The molecule has 0 amide bonds. The van der Waals surface area contributed by atoms with E-state index in [0.717, 1.165) is 6.42 Å². The molecule has 2 spiro atoms. The van der Waals surface area contributed by atoms with Crippen molar-refractivity contribution in [1.82, 2.24) is 0 Å². The summed E-state index contributed by atoms with van der Waals surface area (Å²) in [5, 5.41) is 32.6. The Labute approximate surface area is 328 Å². The Bertz CT molecular complexity index is 1390. The summed E-state index contributed by atoms with van der Waals surface area (Å²) in [5.41, 5.74) is -0.886. The van der Waals surface area contributed by atoms with Gasteiger partial charge in [0.15, 0.2) is 11.9 Å². The molecule has 4 saturated heterocycles. The zero-order chi connectivity index (χ0) is 40.6. The number of rotatable bonds is 13. The van der Waals surface area contributed by atoms with E-state index in [1.54, 1.807) is 13.0 Å². The van der Waals surface area contributed by atoms with Crippen molar-refractivity contribution >= 4 is 17.7 Å². The third-order valence-electron chi connectivity index (χ3n) is 14.2. The van der Waals surface area contributed by atoms with Crippen LogP contribution in [0.4, 0.5) is 0 Å². The third-order valence-corrected chi connectivity index (χ3v) is 14.2. The fourth-order valence-corrected chi connectivity index (χ4v) is 10.5. The van der Waals surface area contributed by atoms with E-state index in [1.165, 1.54) is 6.92 Å². The number of carboxylic acid groups (broad SMARTS) is 1. The van der Waals surface area contributed by atoms with Crippen molar-refractivity contribution in [3.8, 4) is 0 Å². The van der Waals surface area contributed by atoms with E-state index >= 15 is 0 Å². The van der Waals surface area contributed by atoms with Gasteiger partial charge in [-0.3, -0.25) is 14.4 Å². The molecule has 5 aliphatic heterocycles. The number of hydrogen-bond acceptors (Lipinski definition) is 11. The molecule has 314 valence electrons. The summed E-state index contributed by atoms with van der Waals surface area (Å²) in [6, 6.07) is 0. The topological polar surface area (TPSA) is 167 Å². The molecule has 0 saturated carbocycles. The van der Waals surface area contributed by atoms with Crippen LogP contribution in [0.2, 0.25) is 0 Å². The van der Waals surface area contributed by atoms with Crippen molar-refractivity contribution in [3.63, 3.8) is 0 Å². The number of aliphatic carboxylic acids is 1. The molecule has 12 heteroatoms. The van der Waals surface area contributed by atoms with Crippen LogP contribution in [-0.2, 0) is 42.8 Å². The van der Waals surface area contributed by atoms with Gasteiger partial charge in [-0.15, -0.1) is 0 Å². The van der Waals surface area contributed by atoms with Gasteiger partial charge in [0.05, 0.1) is 54.2 Å². The van der Waals surface area contributed by atoms with Crippen molar-refractivity contribution in [2.45, 2.75) is 199 Å². The highest BCUT2D eigenvalue weighted by Crippen LogP contribution is 2.52. The van der Waals surface area contributed by atoms with Crippen LogP contribution in [0.25, 0.3) is 0 Å². The largest absolute Gasteiger partial charge is 0.481 e. The number of ketones is 1. The Hall–Kier alpha value is -1.93. The number of carbonyl (C=O) groups is 3. The average molecular weight is 779 g/mol. The van der Waals surface area contributed by atoms with Crippen molar-refractivity contribution in [2.75, 3.05) is 0 Å². The molecule has 4 fully saturated rings. The number of aliphatic hydroxyl groups excluding tert-OH is 1. The molecule has 0 aromatic carbocycles. The number of aliphatic hydroxyl groups is 2. The lowest BCUT2D eigenvalue weighted by Gasteiger charge is -2.54. The molecule has 55 heavy (non-hydrogen) atoms. The van der Waals surface area contributed by atoms with Crippen LogP contribution in [0.3, 0.4) is 0 Å². The maximum Gasteiger partial charge on any atom is 0.309 e. The van der Waals surface area contributed by atoms with Gasteiger partial charge >= 0.3 is 11.9 Å². The van der Waals surface area contributed by atoms with E-state index in [4.69, 9.17) is 28.4 Å². The van der Waals surface area contributed by atoms with Crippen LogP contribution >= 0.6 is 0 Å². The van der Waals surface area contributed by atoms with Crippen molar-refractivity contribution in [1.29, 1.82) is 0 Å². The Morgan fingerprint density at radius 1 is 0.873 bits per heavy atom. The molecule has 5 aliphatic rings. The monoisotopic (exact) mass is 778 g/mol. The fourth-order valence-electron chi connectivity index (χ4n) is 10.5. The van der Waals surface area contributed by atoms with E-state index in [0.29, 0.717) is 57.8 Å². The maximum absolute atomic E-state index is 14.5. The normalized spacial score (nSPS) is 43.4. The molecule has 0 bridgehead atoms. The lowest BCUT2D eigenvalue weighted by molar-refractivity contribution is -0.401. The zero-order valence-corrected chi connectivity index (χ0v) is 34.9. The average Bonchev–Trinajstić information content (AvgIpc) is 3.56. The van der Waals surface area contributed by atoms with Gasteiger partial charge in [0.1, 0.15) is 5.78 Å². The lowest BCUT2D eigenvalue weighted by atomic mass is 9.72. The molecule has 5 rings (SSSR count). The number of esters is 1. The molecule has 18 unspecified atom stereocenters. The zero-order valence-electron chi connectivity index (χ0n) is 34.9. The molecule has 18 atom stereocenters. The summed E-state index contributed by atoms with van der Waals surface area (Å²) >= 11 is 0. The highest BCUT2D eigenvalue weighted by atomic mass is 16.8. The predicted molar refractivity (Wildman–Crippen MR) is 204 cm³/mol. The van der Waals surface area contributed by atoms with Gasteiger partial charge in [-0.05, 0) is 88.7 Å². The second-order valence-corrected chi connectivity index (χ2v) is 17.8. The fraction of sp³-hybridized carbons (Fsp3) is 0.884. The van der Waals surface area contributed by atoms with E-state index in [2.05, 4.69) is 20.8 Å². The first kappa shape index (κ1) is 44.2. The second kappa shape index (κ2) is 17.5. The quantitative estimate of drug-likeness (QED) is 0.140. The Balaban J connectivity index is 1.34. The third kappa shape index (κ3) is 8.76. The standard InChI is InChI=1S/C43H70O12/c1-11-30(40(47)48)32-15-14-23(4)38(52-32)27(8)36(45)26(7)37(46)31(12-2)39-24(5)22-25(6)42(54-39)21-18-35(51-29(10)44)43(55-42)20-17-34(53-43)33-16-19-41(49,13-3)28(9)50-33/h18,21,23-28,30-36,38-39,45,49H,11-17,19-20,22H2,1-10H3,(H,47,48). The van der Waals surface area contributed by atoms with Gasteiger partial charge < -0.3 is 43.7 Å². The molecule has 0 radical (unpaired) electrons. The van der Waals surface area contributed by atoms with E-state index in [9.17, 15) is 29.7 Å². The molecule has 0 aliphatic carbocycles. The van der Waals surface area contributed by atoms with Crippen LogP contribution in [0.15, 0.2) is 12.2 Å². The summed E-state index contributed by atoms with van der Waals surface area (Å²) in [7, 11) is 0. The second-order valence-electron chi connectivity index (χ2n) is 17.8. The summed E-state index contributed by atoms with van der Waals surface area (Å²) in [6.07, 6.45) is 5.37. The van der Waals surface area contributed by atoms with Gasteiger partial charge in [0, 0.05) is 37.0 Å². The first-order valence-electron chi connectivity index (χ1n) is 21.3. The molecule has 5 heterocycles. The predicted octanol–water partition coefficient (Wildman–Crippen LogP) is 6.37. The minimum Gasteiger partial charge on any atom is -0.481 e. The van der Waals surface area contributed by atoms with Gasteiger partial charge in [-0.1, -0.05) is 55.4 Å². The van der Waals surface area contributed by atoms with Gasteiger partial charge in [-0.2, -0.15) is 0 Å². The smallest absolute Gasteiger partial charge is 0.309 e. The van der Waals surface area contributed by atoms with Crippen LogP contribution < -0.4 is 0 Å². The van der Waals surface area contributed by atoms with E-state index in [-0.39, 0.29) is 48.0 Å². The Kier molecular flexibility index (Phi) is 14.1. The van der Waals surface area contributed by atoms with Crippen LogP contribution in [0.5, 0.6) is 0 Å². The van der Waals surface area contributed by atoms with E-state index in [1.807, 2.05) is 40.7 Å². The van der Waals surface area contributed by atoms with E-state index < -0.39 is 77.2 Å². The summed E-state index contributed by atoms with van der Waals surface area (Å²) in [4.78, 5) is 38.8. The molecule has 0 aromatic rings. The molecular weight excluding hydrogens is 708 g/mol. The van der Waals surface area contributed by atoms with Crippen LogP contribution in [0, 0.1) is 41.4 Å². The van der Waals surface area contributed by atoms with Crippen molar-refractivity contribution < 1.29 is 58.1 Å². The van der Waals surface area contributed by atoms with Crippen LogP contribution in [0.1, 0.15) is 133 Å². The number of ether oxygens (including phenoxy) is 6. The van der Waals surface area contributed by atoms with Crippen molar-refractivity contribution in [2.24, 2.45) is 41.4 Å². The molecular formula is C43H70O12. The van der Waals surface area contributed by atoms with Crippen molar-refractivity contribution in [3.05, 3.63) is 12.2 Å². The number of hydrogen-bond donors (Lipinski definition) is 3. The van der Waals surface area contributed by atoms with Gasteiger partial charge in [0.2, 0.25) is 5.79 Å². The van der Waals surface area contributed by atoms with Gasteiger partial charge in [0.25, 0.3) is 0 Å².